The lowest BCUT2D eigenvalue weighted by Gasteiger charge is -2.16. The van der Waals surface area contributed by atoms with E-state index in [1.54, 1.807) is 6.92 Å². The van der Waals surface area contributed by atoms with Gasteiger partial charge in [0.2, 0.25) is 15.9 Å². The van der Waals surface area contributed by atoms with Crippen LogP contribution < -0.4 is 9.62 Å². The number of amides is 2. The van der Waals surface area contributed by atoms with Crippen LogP contribution in [0.2, 0.25) is 0 Å². The monoisotopic (exact) mass is 386 g/mol. The first-order valence-corrected chi connectivity index (χ1v) is 10.3. The smallest absolute Gasteiger partial charge is 0.255 e. The Morgan fingerprint density at radius 2 is 1.63 bits per heavy atom. The Bertz CT molecular complexity index is 1000. The van der Waals surface area contributed by atoms with Gasteiger partial charge in [-0.25, -0.2) is 12.7 Å². The van der Waals surface area contributed by atoms with Crippen molar-refractivity contribution < 1.29 is 18.0 Å². The third-order valence-corrected chi connectivity index (χ3v) is 6.51. The molecule has 2 aromatic carbocycles. The minimum atomic E-state index is -3.65. The highest BCUT2D eigenvalue weighted by Gasteiger charge is 2.41. The van der Waals surface area contributed by atoms with Gasteiger partial charge in [0.25, 0.3) is 5.91 Å². The zero-order valence-electron chi connectivity index (χ0n) is 15.7. The molecule has 1 N–H and O–H groups in total. The van der Waals surface area contributed by atoms with E-state index in [9.17, 15) is 18.0 Å². The van der Waals surface area contributed by atoms with Gasteiger partial charge in [-0.15, -0.1) is 0 Å². The Hall–Kier alpha value is -2.67. The minimum Gasteiger partial charge on any atom is -0.322 e. The van der Waals surface area contributed by atoms with E-state index < -0.39 is 21.8 Å². The maximum atomic E-state index is 12.6. The number of benzene rings is 2. The summed E-state index contributed by atoms with van der Waals surface area (Å²) >= 11 is 0. The lowest BCUT2D eigenvalue weighted by atomic mass is 10.0. The number of carbonyl (C=O) groups is 2. The molecule has 142 valence electrons. The van der Waals surface area contributed by atoms with Gasteiger partial charge in [-0.2, -0.15) is 0 Å². The summed E-state index contributed by atoms with van der Waals surface area (Å²) in [6.07, 6.45) is 0. The van der Waals surface area contributed by atoms with Crippen molar-refractivity contribution in [2.75, 3.05) is 15.4 Å². The molecule has 2 aromatic rings. The van der Waals surface area contributed by atoms with E-state index in [0.29, 0.717) is 5.56 Å². The highest BCUT2D eigenvalue weighted by Crippen LogP contribution is 2.29. The van der Waals surface area contributed by atoms with Crippen LogP contribution in [0.25, 0.3) is 0 Å². The van der Waals surface area contributed by atoms with Crippen molar-refractivity contribution in [3.05, 3.63) is 58.7 Å². The molecule has 1 fully saturated rings. The first-order chi connectivity index (χ1) is 12.6. The molecule has 1 heterocycles. The van der Waals surface area contributed by atoms with E-state index in [0.717, 1.165) is 26.7 Å². The molecule has 0 saturated carbocycles. The second-order valence-corrected chi connectivity index (χ2v) is 8.92. The number of rotatable bonds is 3. The average Bonchev–Trinajstić information content (AvgIpc) is 2.78. The summed E-state index contributed by atoms with van der Waals surface area (Å²) < 4.78 is 25.2. The van der Waals surface area contributed by atoms with Crippen molar-refractivity contribution in [2.45, 2.75) is 27.7 Å². The van der Waals surface area contributed by atoms with Gasteiger partial charge in [0.15, 0.2) is 0 Å². The zero-order chi connectivity index (χ0) is 19.9. The maximum Gasteiger partial charge on any atom is 0.255 e. The normalized spacial score (nSPS) is 18.6. The standard InChI is InChI=1S/C20H22N2O4S/c1-12-9-13(2)18(14(3)10-12)21-19(23)16-5-7-17(8-6-16)22-20(24)15(4)11-27(22,25)26/h5-10,15H,11H2,1-4H3,(H,21,23)/t15-/m1/s1. The number of carbonyl (C=O) groups excluding carboxylic acids is 2. The molecule has 1 aliphatic rings. The quantitative estimate of drug-likeness (QED) is 0.878. The number of sulfonamides is 1. The zero-order valence-corrected chi connectivity index (χ0v) is 16.6. The van der Waals surface area contributed by atoms with Crippen LogP contribution >= 0.6 is 0 Å². The molecule has 1 atom stereocenters. The van der Waals surface area contributed by atoms with Crippen LogP contribution in [0.4, 0.5) is 11.4 Å². The summed E-state index contributed by atoms with van der Waals surface area (Å²) in [5.74, 6) is -1.50. The van der Waals surface area contributed by atoms with Crippen molar-refractivity contribution in [2.24, 2.45) is 5.92 Å². The summed E-state index contributed by atoms with van der Waals surface area (Å²) in [6, 6.07) is 10.0. The van der Waals surface area contributed by atoms with Gasteiger partial charge in [0.05, 0.1) is 17.4 Å². The van der Waals surface area contributed by atoms with Crippen LogP contribution in [0.15, 0.2) is 36.4 Å². The van der Waals surface area contributed by atoms with Crippen LogP contribution in [0, 0.1) is 26.7 Å². The molecule has 0 aromatic heterocycles. The molecular formula is C20H22N2O4S. The molecule has 0 bridgehead atoms. The lowest BCUT2D eigenvalue weighted by molar-refractivity contribution is -0.119. The Morgan fingerprint density at radius 3 is 2.11 bits per heavy atom. The number of anilines is 2. The number of nitrogens with zero attached hydrogens (tertiary/aromatic N) is 1. The fourth-order valence-electron chi connectivity index (χ4n) is 3.40. The maximum absolute atomic E-state index is 12.6. The predicted octanol–water partition coefficient (Wildman–Crippen LogP) is 3.18. The summed E-state index contributed by atoms with van der Waals surface area (Å²) in [5, 5.41) is 2.91. The molecule has 3 rings (SSSR count). The Balaban J connectivity index is 1.84. The van der Waals surface area contributed by atoms with Crippen LogP contribution in [0.3, 0.4) is 0 Å². The second kappa shape index (κ2) is 6.81. The van der Waals surface area contributed by atoms with Crippen molar-refractivity contribution in [3.63, 3.8) is 0 Å². The molecule has 7 heteroatoms. The second-order valence-electron chi connectivity index (χ2n) is 7.06. The first-order valence-electron chi connectivity index (χ1n) is 8.66. The van der Waals surface area contributed by atoms with Crippen LogP contribution in [0.1, 0.15) is 34.0 Å². The topological polar surface area (TPSA) is 83.6 Å². The lowest BCUT2D eigenvalue weighted by Crippen LogP contribution is -2.30. The summed E-state index contributed by atoms with van der Waals surface area (Å²) in [7, 11) is -3.65. The SMILES string of the molecule is Cc1cc(C)c(NC(=O)c2ccc(N3C(=O)[C@H](C)CS3(=O)=O)cc2)c(C)c1. The van der Waals surface area contributed by atoms with Gasteiger partial charge in [-0.1, -0.05) is 24.6 Å². The van der Waals surface area contributed by atoms with E-state index in [-0.39, 0.29) is 17.3 Å². The van der Waals surface area contributed by atoms with Crippen LogP contribution in [-0.2, 0) is 14.8 Å². The fourth-order valence-corrected chi connectivity index (χ4v) is 5.22. The number of aryl methyl sites for hydroxylation is 3. The van der Waals surface area contributed by atoms with Gasteiger partial charge in [-0.3, -0.25) is 9.59 Å². The average molecular weight is 386 g/mol. The molecule has 0 spiro atoms. The number of nitrogens with one attached hydrogen (secondary N) is 1. The molecule has 1 aliphatic heterocycles. The van der Waals surface area contributed by atoms with Gasteiger partial charge in [-0.05, 0) is 56.2 Å². The molecule has 27 heavy (non-hydrogen) atoms. The van der Waals surface area contributed by atoms with Crippen molar-refractivity contribution in [1.29, 1.82) is 0 Å². The van der Waals surface area contributed by atoms with Crippen molar-refractivity contribution in [3.8, 4) is 0 Å². The fraction of sp³-hybridized carbons (Fsp3) is 0.300. The van der Waals surface area contributed by atoms with E-state index in [4.69, 9.17) is 0 Å². The number of hydrogen-bond donors (Lipinski definition) is 1. The van der Waals surface area contributed by atoms with E-state index >= 15 is 0 Å². The van der Waals surface area contributed by atoms with Gasteiger partial charge < -0.3 is 5.32 Å². The van der Waals surface area contributed by atoms with Crippen molar-refractivity contribution >= 4 is 33.2 Å². The van der Waals surface area contributed by atoms with Gasteiger partial charge in [0.1, 0.15) is 0 Å². The van der Waals surface area contributed by atoms with Crippen molar-refractivity contribution in [1.82, 2.24) is 0 Å². The molecule has 2 amide bonds. The highest BCUT2D eigenvalue weighted by atomic mass is 32.2. The summed E-state index contributed by atoms with van der Waals surface area (Å²) in [4.78, 5) is 24.7. The third kappa shape index (κ3) is 3.60. The van der Waals surface area contributed by atoms with Crippen LogP contribution in [0.5, 0.6) is 0 Å². The van der Waals surface area contributed by atoms with E-state index in [2.05, 4.69) is 5.32 Å². The Morgan fingerprint density at radius 1 is 1.07 bits per heavy atom. The Kier molecular flexibility index (Phi) is 4.82. The molecular weight excluding hydrogens is 364 g/mol. The first kappa shape index (κ1) is 19.1. The third-order valence-electron chi connectivity index (χ3n) is 4.64. The van der Waals surface area contributed by atoms with Gasteiger partial charge in [0, 0.05) is 11.3 Å². The minimum absolute atomic E-state index is 0.194. The largest absolute Gasteiger partial charge is 0.322 e. The van der Waals surface area contributed by atoms with E-state index in [1.807, 2.05) is 32.9 Å². The van der Waals surface area contributed by atoms with Crippen LogP contribution in [-0.4, -0.2) is 26.0 Å². The molecule has 0 unspecified atom stereocenters. The molecule has 0 aliphatic carbocycles. The van der Waals surface area contributed by atoms with E-state index in [1.165, 1.54) is 24.3 Å². The van der Waals surface area contributed by atoms with Gasteiger partial charge >= 0.3 is 0 Å². The molecule has 6 nitrogen and oxygen atoms in total. The highest BCUT2D eigenvalue weighted by molar-refractivity contribution is 7.94. The Labute approximate surface area is 159 Å². The predicted molar refractivity (Wildman–Crippen MR) is 105 cm³/mol. The molecule has 1 saturated heterocycles. The summed E-state index contributed by atoms with van der Waals surface area (Å²) in [6.45, 7) is 7.46. The molecule has 0 radical (unpaired) electrons. The summed E-state index contributed by atoms with van der Waals surface area (Å²) in [5.41, 5.74) is 4.47. The number of hydrogen-bond acceptors (Lipinski definition) is 4.